The molecule has 0 aromatic heterocycles. The van der Waals surface area contributed by atoms with E-state index in [1.165, 1.54) is 31.4 Å². The Morgan fingerprint density at radius 1 is 0.892 bits per heavy atom. The molecule has 0 bridgehead atoms. The van der Waals surface area contributed by atoms with E-state index in [2.05, 4.69) is 5.32 Å². The maximum absolute atomic E-state index is 13.5. The Morgan fingerprint density at radius 2 is 1.54 bits per heavy atom. The number of nitrogens with zero attached hydrogens (tertiary/aromatic N) is 1. The van der Waals surface area contributed by atoms with E-state index in [1.54, 1.807) is 48.5 Å². The lowest BCUT2D eigenvalue weighted by atomic mass is 10.2. The van der Waals surface area contributed by atoms with Crippen LogP contribution in [-0.4, -0.2) is 28.0 Å². The van der Waals surface area contributed by atoms with Crippen LogP contribution in [0.25, 0.3) is 0 Å². The second-order valence-corrected chi connectivity index (χ2v) is 10.3. The minimum absolute atomic E-state index is 0.0506. The van der Waals surface area contributed by atoms with Gasteiger partial charge in [0.15, 0.2) is 0 Å². The predicted octanol–water partition coefficient (Wildman–Crippen LogP) is 5.76. The molecule has 37 heavy (non-hydrogen) atoms. The number of methoxy groups -OCH3 is 1. The molecule has 0 spiro atoms. The molecular formula is C28H25ClN2O5S. The van der Waals surface area contributed by atoms with E-state index >= 15 is 0 Å². The quantitative estimate of drug-likeness (QED) is 0.278. The summed E-state index contributed by atoms with van der Waals surface area (Å²) >= 11 is 6.26. The molecule has 4 rings (SSSR count). The zero-order valence-electron chi connectivity index (χ0n) is 20.0. The van der Waals surface area contributed by atoms with E-state index in [9.17, 15) is 13.2 Å². The van der Waals surface area contributed by atoms with Crippen molar-refractivity contribution in [1.29, 1.82) is 0 Å². The molecule has 0 fully saturated rings. The SMILES string of the molecule is COc1ccc(N(CC(=O)Nc2ccc(OCc3ccccc3)cc2)S(=O)(=O)c2ccccc2)cc1Cl. The largest absolute Gasteiger partial charge is 0.495 e. The van der Waals surface area contributed by atoms with Crippen LogP contribution in [0, 0.1) is 0 Å². The first kappa shape index (κ1) is 26.1. The van der Waals surface area contributed by atoms with E-state index < -0.39 is 22.5 Å². The Hall–Kier alpha value is -4.01. The summed E-state index contributed by atoms with van der Waals surface area (Å²) in [7, 11) is -2.60. The minimum atomic E-state index is -4.07. The average molecular weight is 537 g/mol. The van der Waals surface area contributed by atoms with Crippen molar-refractivity contribution in [2.75, 3.05) is 23.3 Å². The van der Waals surface area contributed by atoms with E-state index in [0.29, 0.717) is 23.8 Å². The molecule has 4 aromatic rings. The van der Waals surface area contributed by atoms with Gasteiger partial charge in [-0.05, 0) is 60.2 Å². The fourth-order valence-corrected chi connectivity index (χ4v) is 5.24. The van der Waals surface area contributed by atoms with Crippen molar-refractivity contribution in [2.45, 2.75) is 11.5 Å². The third-order valence-corrected chi connectivity index (χ3v) is 7.51. The van der Waals surface area contributed by atoms with Crippen LogP contribution >= 0.6 is 11.6 Å². The number of amides is 1. The van der Waals surface area contributed by atoms with Gasteiger partial charge in [-0.2, -0.15) is 0 Å². The molecule has 0 unspecified atom stereocenters. The number of sulfonamides is 1. The van der Waals surface area contributed by atoms with Crippen molar-refractivity contribution in [2.24, 2.45) is 0 Å². The van der Waals surface area contributed by atoms with Gasteiger partial charge in [0.05, 0.1) is 22.7 Å². The van der Waals surface area contributed by atoms with E-state index in [1.807, 2.05) is 30.3 Å². The maximum Gasteiger partial charge on any atom is 0.264 e. The Balaban J connectivity index is 1.50. The van der Waals surface area contributed by atoms with Crippen molar-refractivity contribution in [3.63, 3.8) is 0 Å². The van der Waals surface area contributed by atoms with Gasteiger partial charge in [-0.3, -0.25) is 9.10 Å². The summed E-state index contributed by atoms with van der Waals surface area (Å²) in [4.78, 5) is 13.0. The van der Waals surface area contributed by atoms with Crippen LogP contribution < -0.4 is 19.1 Å². The standard InChI is InChI=1S/C28H25ClN2O5S/c1-35-27-17-14-23(18-26(27)29)31(37(33,34)25-10-6-3-7-11-25)19-28(32)30-22-12-15-24(16-13-22)36-20-21-8-4-2-5-9-21/h2-18H,19-20H2,1H3,(H,30,32). The summed E-state index contributed by atoms with van der Waals surface area (Å²) in [6, 6.07) is 29.1. The van der Waals surface area contributed by atoms with Gasteiger partial charge < -0.3 is 14.8 Å². The molecule has 190 valence electrons. The first-order chi connectivity index (χ1) is 17.9. The highest BCUT2D eigenvalue weighted by molar-refractivity contribution is 7.92. The van der Waals surface area contributed by atoms with Crippen molar-refractivity contribution in [3.05, 3.63) is 114 Å². The summed E-state index contributed by atoms with van der Waals surface area (Å²) in [5, 5.41) is 2.97. The molecule has 0 atom stereocenters. The Labute approximate surface area is 221 Å². The number of carbonyl (C=O) groups excluding carboxylic acids is 1. The van der Waals surface area contributed by atoms with Gasteiger partial charge in [0.2, 0.25) is 5.91 Å². The Morgan fingerprint density at radius 3 is 2.16 bits per heavy atom. The summed E-state index contributed by atoms with van der Waals surface area (Å²) in [6.45, 7) is -0.0462. The molecule has 0 saturated heterocycles. The molecule has 0 heterocycles. The van der Waals surface area contributed by atoms with E-state index in [0.717, 1.165) is 9.87 Å². The fourth-order valence-electron chi connectivity index (χ4n) is 3.55. The van der Waals surface area contributed by atoms with Crippen LogP contribution in [0.5, 0.6) is 11.5 Å². The van der Waals surface area contributed by atoms with Crippen LogP contribution in [0.15, 0.2) is 108 Å². The highest BCUT2D eigenvalue weighted by atomic mass is 35.5. The van der Waals surface area contributed by atoms with Gasteiger partial charge in [-0.1, -0.05) is 60.1 Å². The summed E-state index contributed by atoms with van der Waals surface area (Å²) in [6.07, 6.45) is 0. The second kappa shape index (κ2) is 11.8. The maximum atomic E-state index is 13.5. The number of ether oxygens (including phenoxy) is 2. The molecule has 0 saturated carbocycles. The molecule has 0 aliphatic rings. The summed E-state index contributed by atoms with van der Waals surface area (Å²) < 4.78 is 38.9. The van der Waals surface area contributed by atoms with E-state index in [-0.39, 0.29) is 15.6 Å². The number of benzene rings is 4. The fraction of sp³-hybridized carbons (Fsp3) is 0.107. The first-order valence-electron chi connectivity index (χ1n) is 11.3. The van der Waals surface area contributed by atoms with Crippen molar-refractivity contribution < 1.29 is 22.7 Å². The zero-order valence-corrected chi connectivity index (χ0v) is 21.6. The minimum Gasteiger partial charge on any atom is -0.495 e. The summed E-state index contributed by atoms with van der Waals surface area (Å²) in [5.41, 5.74) is 1.77. The number of hydrogen-bond donors (Lipinski definition) is 1. The van der Waals surface area contributed by atoms with Crippen molar-refractivity contribution >= 4 is 38.9 Å². The average Bonchev–Trinajstić information content (AvgIpc) is 2.92. The van der Waals surface area contributed by atoms with Crippen molar-refractivity contribution in [1.82, 2.24) is 0 Å². The topological polar surface area (TPSA) is 84.9 Å². The first-order valence-corrected chi connectivity index (χ1v) is 13.2. The highest BCUT2D eigenvalue weighted by Crippen LogP contribution is 2.32. The zero-order chi connectivity index (χ0) is 26.3. The van der Waals surface area contributed by atoms with Crippen LogP contribution in [0.2, 0.25) is 5.02 Å². The van der Waals surface area contributed by atoms with E-state index in [4.69, 9.17) is 21.1 Å². The van der Waals surface area contributed by atoms with Crippen LogP contribution in [0.1, 0.15) is 5.56 Å². The van der Waals surface area contributed by atoms with Gasteiger partial charge in [-0.15, -0.1) is 0 Å². The number of carbonyl (C=O) groups is 1. The van der Waals surface area contributed by atoms with Gasteiger partial charge in [0.1, 0.15) is 24.7 Å². The highest BCUT2D eigenvalue weighted by Gasteiger charge is 2.27. The lowest BCUT2D eigenvalue weighted by Gasteiger charge is -2.24. The van der Waals surface area contributed by atoms with Crippen molar-refractivity contribution in [3.8, 4) is 11.5 Å². The molecule has 1 amide bonds. The number of rotatable bonds is 10. The summed E-state index contributed by atoms with van der Waals surface area (Å²) in [5.74, 6) is 0.508. The third-order valence-electron chi connectivity index (χ3n) is 5.43. The monoisotopic (exact) mass is 536 g/mol. The predicted molar refractivity (Wildman–Crippen MR) is 145 cm³/mol. The normalized spacial score (nSPS) is 11.0. The third kappa shape index (κ3) is 6.61. The molecule has 0 radical (unpaired) electrons. The molecule has 7 nitrogen and oxygen atoms in total. The number of anilines is 2. The second-order valence-electron chi connectivity index (χ2n) is 7.99. The Bertz CT molecular complexity index is 1450. The molecule has 1 N–H and O–H groups in total. The van der Waals surface area contributed by atoms with Gasteiger partial charge in [0.25, 0.3) is 10.0 Å². The number of nitrogens with one attached hydrogen (secondary N) is 1. The van der Waals surface area contributed by atoms with Crippen LogP contribution in [0.4, 0.5) is 11.4 Å². The molecular weight excluding hydrogens is 512 g/mol. The number of halogens is 1. The Kier molecular flexibility index (Phi) is 8.32. The van der Waals surface area contributed by atoms with Gasteiger partial charge >= 0.3 is 0 Å². The van der Waals surface area contributed by atoms with Crippen LogP contribution in [0.3, 0.4) is 0 Å². The number of hydrogen-bond acceptors (Lipinski definition) is 5. The molecule has 9 heteroatoms. The van der Waals surface area contributed by atoms with Crippen LogP contribution in [-0.2, 0) is 21.4 Å². The molecule has 0 aliphatic carbocycles. The van der Waals surface area contributed by atoms with Gasteiger partial charge in [0, 0.05) is 5.69 Å². The lowest BCUT2D eigenvalue weighted by molar-refractivity contribution is -0.114. The molecule has 0 aliphatic heterocycles. The smallest absolute Gasteiger partial charge is 0.264 e. The molecule has 4 aromatic carbocycles. The lowest BCUT2D eigenvalue weighted by Crippen LogP contribution is -2.38. The van der Waals surface area contributed by atoms with Gasteiger partial charge in [-0.25, -0.2) is 8.42 Å².